The van der Waals surface area contributed by atoms with Crippen molar-refractivity contribution in [1.82, 2.24) is 0 Å². The Morgan fingerprint density at radius 3 is 2.64 bits per heavy atom. The fourth-order valence-corrected chi connectivity index (χ4v) is 2.79. The van der Waals surface area contributed by atoms with Crippen molar-refractivity contribution in [3.63, 3.8) is 0 Å². The molecule has 2 rings (SSSR count). The molecule has 0 heterocycles. The van der Waals surface area contributed by atoms with Gasteiger partial charge in [-0.3, -0.25) is 0 Å². The molecular formula is C13H14Si. The van der Waals surface area contributed by atoms with Gasteiger partial charge in [-0.15, -0.1) is 0 Å². The summed E-state index contributed by atoms with van der Waals surface area (Å²) in [6, 6.07) is 16.6. The molecule has 2 aromatic rings. The highest BCUT2D eigenvalue weighted by molar-refractivity contribution is 6.57. The molecule has 70 valence electrons. The first-order valence-electron chi connectivity index (χ1n) is 5.13. The van der Waals surface area contributed by atoms with Gasteiger partial charge in [-0.1, -0.05) is 67.0 Å². The van der Waals surface area contributed by atoms with E-state index in [0.29, 0.717) is 0 Å². The molecule has 0 bridgehead atoms. The summed E-state index contributed by atoms with van der Waals surface area (Å²) in [6.45, 7) is 2.25. The van der Waals surface area contributed by atoms with Crippen LogP contribution in [0.3, 0.4) is 0 Å². The molecule has 1 heteroatoms. The first kappa shape index (κ1) is 9.47. The highest BCUT2D eigenvalue weighted by atomic mass is 28.2. The van der Waals surface area contributed by atoms with Gasteiger partial charge in [-0.25, -0.2) is 0 Å². The predicted octanol–water partition coefficient (Wildman–Crippen LogP) is 3.00. The van der Waals surface area contributed by atoms with Crippen LogP contribution in [0, 0.1) is 0 Å². The average Bonchev–Trinajstić information content (AvgIpc) is 2.26. The zero-order valence-electron chi connectivity index (χ0n) is 8.46. The molecule has 0 saturated carbocycles. The van der Waals surface area contributed by atoms with Gasteiger partial charge in [0, 0.05) is 0 Å². The van der Waals surface area contributed by atoms with Crippen molar-refractivity contribution in [1.29, 1.82) is 0 Å². The molecule has 0 spiro atoms. The molecule has 0 amide bonds. The van der Waals surface area contributed by atoms with Crippen LogP contribution in [-0.2, 0) is 0 Å². The molecule has 0 fully saturated rings. The van der Waals surface area contributed by atoms with Gasteiger partial charge in [0.05, 0.1) is 9.52 Å². The van der Waals surface area contributed by atoms with E-state index in [-0.39, 0.29) is 0 Å². The zero-order valence-corrected chi connectivity index (χ0v) is 9.46. The first-order chi connectivity index (χ1) is 6.92. The number of rotatable bonds is 3. The minimum atomic E-state index is 0.958. The molecule has 14 heavy (non-hydrogen) atoms. The van der Waals surface area contributed by atoms with Gasteiger partial charge in [0.15, 0.2) is 0 Å². The number of hydrogen-bond acceptors (Lipinski definition) is 0. The van der Waals surface area contributed by atoms with Crippen molar-refractivity contribution in [3.05, 3.63) is 42.5 Å². The van der Waals surface area contributed by atoms with Gasteiger partial charge in [0.1, 0.15) is 0 Å². The van der Waals surface area contributed by atoms with Crippen LogP contribution in [0.2, 0.25) is 6.04 Å². The normalized spacial score (nSPS) is 10.6. The summed E-state index contributed by atoms with van der Waals surface area (Å²) in [5, 5.41) is 4.32. The van der Waals surface area contributed by atoms with E-state index in [1.54, 1.807) is 0 Å². The van der Waals surface area contributed by atoms with E-state index in [1.807, 2.05) is 0 Å². The molecule has 0 aliphatic carbocycles. The third-order valence-electron chi connectivity index (χ3n) is 2.36. The first-order valence-corrected chi connectivity index (χ1v) is 6.34. The van der Waals surface area contributed by atoms with Crippen LogP contribution in [0.4, 0.5) is 0 Å². The van der Waals surface area contributed by atoms with E-state index in [0.717, 1.165) is 9.52 Å². The van der Waals surface area contributed by atoms with Crippen LogP contribution < -0.4 is 5.19 Å². The van der Waals surface area contributed by atoms with Gasteiger partial charge < -0.3 is 0 Å². The SMILES string of the molecule is CCC[Si]c1cccc2ccccc12. The molecule has 0 aromatic heterocycles. The van der Waals surface area contributed by atoms with Crippen molar-refractivity contribution < 1.29 is 0 Å². The van der Waals surface area contributed by atoms with E-state index in [1.165, 1.54) is 28.4 Å². The van der Waals surface area contributed by atoms with Crippen LogP contribution in [0.1, 0.15) is 13.3 Å². The minimum absolute atomic E-state index is 0.958. The summed E-state index contributed by atoms with van der Waals surface area (Å²) in [4.78, 5) is 0. The second-order valence-corrected chi connectivity index (χ2v) is 4.85. The quantitative estimate of drug-likeness (QED) is 0.665. The summed E-state index contributed by atoms with van der Waals surface area (Å²) in [6.07, 6.45) is 1.28. The van der Waals surface area contributed by atoms with E-state index in [2.05, 4.69) is 49.4 Å². The molecular weight excluding hydrogens is 184 g/mol. The van der Waals surface area contributed by atoms with E-state index in [4.69, 9.17) is 0 Å². The molecule has 0 atom stereocenters. The topological polar surface area (TPSA) is 0 Å². The zero-order chi connectivity index (χ0) is 9.80. The summed E-state index contributed by atoms with van der Waals surface area (Å²) in [5.74, 6) is 0. The molecule has 2 aromatic carbocycles. The van der Waals surface area contributed by atoms with Gasteiger partial charge in [0.25, 0.3) is 0 Å². The average molecular weight is 198 g/mol. The van der Waals surface area contributed by atoms with E-state index < -0.39 is 0 Å². The largest absolute Gasteiger partial charge is 0.0816 e. The van der Waals surface area contributed by atoms with Crippen LogP contribution in [0.25, 0.3) is 10.8 Å². The van der Waals surface area contributed by atoms with Crippen molar-refractivity contribution in [2.24, 2.45) is 0 Å². The Hall–Kier alpha value is -1.08. The van der Waals surface area contributed by atoms with Crippen molar-refractivity contribution in [2.75, 3.05) is 0 Å². The van der Waals surface area contributed by atoms with Crippen LogP contribution in [0.5, 0.6) is 0 Å². The smallest absolute Gasteiger partial charge is 0.0657 e. The molecule has 0 nitrogen and oxygen atoms in total. The predicted molar refractivity (Wildman–Crippen MR) is 64.4 cm³/mol. The summed E-state index contributed by atoms with van der Waals surface area (Å²) in [5.41, 5.74) is 0. The summed E-state index contributed by atoms with van der Waals surface area (Å²) < 4.78 is 0. The lowest BCUT2D eigenvalue weighted by Crippen LogP contribution is -2.13. The summed E-state index contributed by atoms with van der Waals surface area (Å²) in [7, 11) is 0.958. The second kappa shape index (κ2) is 4.42. The fourth-order valence-electron chi connectivity index (χ4n) is 1.64. The van der Waals surface area contributed by atoms with E-state index in [9.17, 15) is 0 Å². The van der Waals surface area contributed by atoms with E-state index >= 15 is 0 Å². The molecule has 0 saturated heterocycles. The molecule has 0 unspecified atom stereocenters. The van der Waals surface area contributed by atoms with Crippen molar-refractivity contribution >= 4 is 25.5 Å². The highest BCUT2D eigenvalue weighted by Gasteiger charge is 1.99. The second-order valence-electron chi connectivity index (χ2n) is 3.45. The lowest BCUT2D eigenvalue weighted by atomic mass is 10.1. The van der Waals surface area contributed by atoms with Crippen molar-refractivity contribution in [3.8, 4) is 0 Å². The maximum absolute atomic E-state index is 2.26. The number of benzene rings is 2. The standard InChI is InChI=1S/C13H14Si/c1-2-10-14-13-9-5-7-11-6-3-4-8-12(11)13/h3-9H,2,10H2,1H3. The third-order valence-corrected chi connectivity index (χ3v) is 3.92. The molecule has 0 aliphatic heterocycles. The Morgan fingerprint density at radius 2 is 1.79 bits per heavy atom. The Kier molecular flexibility index (Phi) is 2.99. The van der Waals surface area contributed by atoms with Gasteiger partial charge >= 0.3 is 0 Å². The molecule has 0 aliphatic rings. The monoisotopic (exact) mass is 198 g/mol. The Balaban J connectivity index is 2.43. The minimum Gasteiger partial charge on any atom is -0.0657 e. The van der Waals surface area contributed by atoms with Gasteiger partial charge in [0.2, 0.25) is 0 Å². The van der Waals surface area contributed by atoms with Gasteiger partial charge in [-0.2, -0.15) is 0 Å². The maximum atomic E-state index is 2.26. The van der Waals surface area contributed by atoms with Gasteiger partial charge in [-0.05, 0) is 10.8 Å². The fraction of sp³-hybridized carbons (Fsp3) is 0.231. The van der Waals surface area contributed by atoms with Crippen LogP contribution in [0.15, 0.2) is 42.5 Å². The number of hydrogen-bond donors (Lipinski definition) is 0. The maximum Gasteiger partial charge on any atom is 0.0816 e. The molecule has 2 radical (unpaired) electrons. The Labute approximate surface area is 87.8 Å². The van der Waals surface area contributed by atoms with Crippen molar-refractivity contribution in [2.45, 2.75) is 19.4 Å². The lowest BCUT2D eigenvalue weighted by molar-refractivity contribution is 1.08. The van der Waals surface area contributed by atoms with Crippen LogP contribution in [-0.4, -0.2) is 9.52 Å². The Bertz CT molecular complexity index is 415. The lowest BCUT2D eigenvalue weighted by Gasteiger charge is -2.04. The summed E-state index contributed by atoms with van der Waals surface area (Å²) >= 11 is 0. The molecule has 0 N–H and O–H groups in total. The third kappa shape index (κ3) is 1.88. The highest BCUT2D eigenvalue weighted by Crippen LogP contribution is 2.10. The Morgan fingerprint density at radius 1 is 1.00 bits per heavy atom. The van der Waals surface area contributed by atoms with Crippen LogP contribution >= 0.6 is 0 Å². The number of fused-ring (bicyclic) bond motifs is 1.